The lowest BCUT2D eigenvalue weighted by Gasteiger charge is -2.09. The fourth-order valence-corrected chi connectivity index (χ4v) is 1.65. The minimum Gasteiger partial charge on any atom is -0.453 e. The van der Waals surface area contributed by atoms with Crippen LogP contribution >= 0.6 is 15.9 Å². The van der Waals surface area contributed by atoms with E-state index in [1.807, 2.05) is 18.3 Å². The molecule has 0 spiro atoms. The Kier molecular flexibility index (Phi) is 3.23. The number of nitrogens with zero attached hydrogens (tertiary/aromatic N) is 1. The smallest absolute Gasteiger partial charge is 0.169 e. The molecule has 0 aromatic carbocycles. The zero-order chi connectivity index (χ0) is 10.7. The van der Waals surface area contributed by atoms with E-state index in [0.29, 0.717) is 6.54 Å². The second kappa shape index (κ2) is 4.63. The first-order valence-electron chi connectivity index (χ1n) is 4.72. The van der Waals surface area contributed by atoms with Gasteiger partial charge in [-0.25, -0.2) is 4.98 Å². The molecule has 0 amide bonds. The highest BCUT2D eigenvalue weighted by Gasteiger charge is 2.07. The van der Waals surface area contributed by atoms with E-state index in [2.05, 4.69) is 38.1 Å². The Labute approximate surface area is 96.2 Å². The van der Waals surface area contributed by atoms with Crippen molar-refractivity contribution in [2.45, 2.75) is 19.5 Å². The number of imidazole rings is 1. The number of halogens is 1. The van der Waals surface area contributed by atoms with Gasteiger partial charge in [0.15, 0.2) is 4.67 Å². The summed E-state index contributed by atoms with van der Waals surface area (Å²) >= 11 is 3.26. The van der Waals surface area contributed by atoms with Crippen LogP contribution in [0.3, 0.4) is 0 Å². The van der Waals surface area contributed by atoms with Gasteiger partial charge >= 0.3 is 0 Å². The van der Waals surface area contributed by atoms with Crippen LogP contribution in [0.2, 0.25) is 0 Å². The first-order valence-corrected chi connectivity index (χ1v) is 5.52. The van der Waals surface area contributed by atoms with Crippen LogP contribution in [-0.4, -0.2) is 9.97 Å². The van der Waals surface area contributed by atoms with Crippen molar-refractivity contribution in [1.82, 2.24) is 15.3 Å². The van der Waals surface area contributed by atoms with Gasteiger partial charge in [-0.15, -0.1) is 0 Å². The number of hydrogen-bond acceptors (Lipinski definition) is 3. The van der Waals surface area contributed by atoms with E-state index in [1.165, 1.54) is 0 Å². The minimum absolute atomic E-state index is 0.184. The molecule has 0 radical (unpaired) electrons. The largest absolute Gasteiger partial charge is 0.453 e. The number of hydrogen-bond donors (Lipinski definition) is 2. The van der Waals surface area contributed by atoms with Gasteiger partial charge in [0.2, 0.25) is 0 Å². The third-order valence-electron chi connectivity index (χ3n) is 2.14. The average Bonchev–Trinajstić information content (AvgIpc) is 2.84. The van der Waals surface area contributed by atoms with Gasteiger partial charge < -0.3 is 14.7 Å². The summed E-state index contributed by atoms with van der Waals surface area (Å²) in [5.74, 6) is 1.83. The van der Waals surface area contributed by atoms with Gasteiger partial charge in [0.25, 0.3) is 0 Å². The normalized spacial score (nSPS) is 12.9. The summed E-state index contributed by atoms with van der Waals surface area (Å²) in [4.78, 5) is 7.24. The van der Waals surface area contributed by atoms with Crippen molar-refractivity contribution >= 4 is 15.9 Å². The maximum atomic E-state index is 5.37. The first kappa shape index (κ1) is 10.4. The maximum Gasteiger partial charge on any atom is 0.169 e. The number of rotatable bonds is 4. The average molecular weight is 270 g/mol. The lowest BCUT2D eigenvalue weighted by Crippen LogP contribution is -2.18. The van der Waals surface area contributed by atoms with Crippen LogP contribution in [0.25, 0.3) is 0 Å². The molecule has 0 saturated carbocycles. The molecule has 2 N–H and O–H groups in total. The molecule has 0 aliphatic carbocycles. The quantitative estimate of drug-likeness (QED) is 0.897. The van der Waals surface area contributed by atoms with Crippen molar-refractivity contribution in [2.75, 3.05) is 0 Å². The molecule has 0 aliphatic rings. The molecule has 0 saturated heterocycles. The summed E-state index contributed by atoms with van der Waals surface area (Å²) in [6.45, 7) is 2.74. The van der Waals surface area contributed by atoms with Gasteiger partial charge in [0, 0.05) is 12.4 Å². The highest BCUT2D eigenvalue weighted by Crippen LogP contribution is 2.15. The van der Waals surface area contributed by atoms with Gasteiger partial charge in [-0.1, -0.05) is 0 Å². The molecule has 1 unspecified atom stereocenters. The molecule has 2 aromatic heterocycles. The van der Waals surface area contributed by atoms with E-state index < -0.39 is 0 Å². The molecule has 0 aliphatic heterocycles. The molecular weight excluding hydrogens is 258 g/mol. The zero-order valence-corrected chi connectivity index (χ0v) is 9.91. The standard InChI is InChI=1S/C10H12BrN3O/c1-7(10-12-4-5-13-10)14-6-8-2-3-9(11)15-8/h2-5,7,14H,6H2,1H3,(H,12,13). The van der Waals surface area contributed by atoms with Crippen LogP contribution in [0.4, 0.5) is 0 Å². The molecule has 1 atom stereocenters. The summed E-state index contributed by atoms with van der Waals surface area (Å²) < 4.78 is 6.13. The van der Waals surface area contributed by atoms with E-state index in [-0.39, 0.29) is 6.04 Å². The van der Waals surface area contributed by atoms with Crippen LogP contribution in [-0.2, 0) is 6.54 Å². The predicted molar refractivity (Wildman–Crippen MR) is 60.3 cm³/mol. The van der Waals surface area contributed by atoms with Crippen molar-refractivity contribution in [3.63, 3.8) is 0 Å². The lowest BCUT2D eigenvalue weighted by molar-refractivity contribution is 0.442. The Balaban J connectivity index is 1.88. The summed E-state index contributed by atoms with van der Waals surface area (Å²) in [5, 5.41) is 3.31. The topological polar surface area (TPSA) is 53.9 Å². The fourth-order valence-electron chi connectivity index (χ4n) is 1.31. The highest BCUT2D eigenvalue weighted by molar-refractivity contribution is 9.10. The molecule has 0 bridgehead atoms. The predicted octanol–water partition coefficient (Wildman–Crippen LogP) is 2.62. The highest BCUT2D eigenvalue weighted by atomic mass is 79.9. The Morgan fingerprint density at radius 1 is 1.60 bits per heavy atom. The molecule has 15 heavy (non-hydrogen) atoms. The Morgan fingerprint density at radius 2 is 2.47 bits per heavy atom. The van der Waals surface area contributed by atoms with Crippen LogP contribution < -0.4 is 5.32 Å². The SMILES string of the molecule is CC(NCc1ccc(Br)o1)c1ncc[nH]1. The van der Waals surface area contributed by atoms with Crippen molar-refractivity contribution in [2.24, 2.45) is 0 Å². The van der Waals surface area contributed by atoms with E-state index in [1.54, 1.807) is 6.20 Å². The molecule has 2 aromatic rings. The van der Waals surface area contributed by atoms with E-state index in [0.717, 1.165) is 16.3 Å². The Hall–Kier alpha value is -1.07. The molecule has 2 rings (SSSR count). The number of H-pyrrole nitrogens is 1. The van der Waals surface area contributed by atoms with Crippen LogP contribution in [0.1, 0.15) is 24.6 Å². The van der Waals surface area contributed by atoms with E-state index in [9.17, 15) is 0 Å². The Bertz CT molecular complexity index is 410. The lowest BCUT2D eigenvalue weighted by atomic mass is 10.3. The van der Waals surface area contributed by atoms with Crippen molar-refractivity contribution in [3.05, 3.63) is 40.8 Å². The molecule has 5 heteroatoms. The molecule has 4 nitrogen and oxygen atoms in total. The minimum atomic E-state index is 0.184. The van der Waals surface area contributed by atoms with E-state index >= 15 is 0 Å². The fraction of sp³-hybridized carbons (Fsp3) is 0.300. The zero-order valence-electron chi connectivity index (χ0n) is 8.33. The number of nitrogens with one attached hydrogen (secondary N) is 2. The summed E-state index contributed by atoms with van der Waals surface area (Å²) in [6, 6.07) is 4.00. The third kappa shape index (κ3) is 2.70. The van der Waals surface area contributed by atoms with Gasteiger partial charge in [-0.3, -0.25) is 0 Å². The molecular formula is C10H12BrN3O. The van der Waals surface area contributed by atoms with Crippen molar-refractivity contribution in [1.29, 1.82) is 0 Å². The Morgan fingerprint density at radius 3 is 3.07 bits per heavy atom. The second-order valence-electron chi connectivity index (χ2n) is 3.28. The van der Waals surface area contributed by atoms with Crippen molar-refractivity contribution < 1.29 is 4.42 Å². The van der Waals surface area contributed by atoms with Gasteiger partial charge in [0.1, 0.15) is 11.6 Å². The van der Waals surface area contributed by atoms with E-state index in [4.69, 9.17) is 4.42 Å². The van der Waals surface area contributed by atoms with Gasteiger partial charge in [0.05, 0.1) is 12.6 Å². The number of furan rings is 1. The molecule has 0 fully saturated rings. The van der Waals surface area contributed by atoms with Gasteiger partial charge in [-0.05, 0) is 35.0 Å². The molecule has 2 heterocycles. The molecule has 80 valence electrons. The summed E-state index contributed by atoms with van der Waals surface area (Å²) in [7, 11) is 0. The van der Waals surface area contributed by atoms with Crippen LogP contribution in [0.5, 0.6) is 0 Å². The number of aromatic amines is 1. The van der Waals surface area contributed by atoms with Crippen LogP contribution in [0.15, 0.2) is 33.6 Å². The van der Waals surface area contributed by atoms with Crippen molar-refractivity contribution in [3.8, 4) is 0 Å². The van der Waals surface area contributed by atoms with Crippen LogP contribution in [0, 0.1) is 0 Å². The third-order valence-corrected chi connectivity index (χ3v) is 2.57. The second-order valence-corrected chi connectivity index (χ2v) is 4.06. The number of aromatic nitrogens is 2. The van der Waals surface area contributed by atoms with Gasteiger partial charge in [-0.2, -0.15) is 0 Å². The summed E-state index contributed by atoms with van der Waals surface area (Å²) in [5.41, 5.74) is 0. The first-order chi connectivity index (χ1) is 7.25. The monoisotopic (exact) mass is 269 g/mol. The summed E-state index contributed by atoms with van der Waals surface area (Å²) in [6.07, 6.45) is 3.56. The maximum absolute atomic E-state index is 5.37.